The summed E-state index contributed by atoms with van der Waals surface area (Å²) < 4.78 is 0. The first kappa shape index (κ1) is 10.6. The highest BCUT2D eigenvalue weighted by Crippen LogP contribution is 2.11. The molecular formula is C9H19NO. The topological polar surface area (TPSA) is 43.1 Å². The summed E-state index contributed by atoms with van der Waals surface area (Å²) in [4.78, 5) is 11.4. The third-order valence-corrected chi connectivity index (χ3v) is 2.19. The summed E-state index contributed by atoms with van der Waals surface area (Å²) in [5.41, 5.74) is 5.62. The molecule has 1 unspecified atom stereocenters. The molecule has 0 aromatic rings. The number of carbonyl (C=O) groups is 1. The molecule has 0 spiro atoms. The van der Waals surface area contributed by atoms with Gasteiger partial charge in [0.1, 0.15) is 0 Å². The van der Waals surface area contributed by atoms with Crippen molar-refractivity contribution in [3.8, 4) is 0 Å². The Kier molecular flexibility index (Phi) is 5.12. The van der Waals surface area contributed by atoms with Crippen molar-refractivity contribution in [2.24, 2.45) is 11.7 Å². The van der Waals surface area contributed by atoms with Crippen LogP contribution in [0.1, 0.15) is 40.0 Å². The van der Waals surface area contributed by atoms with Gasteiger partial charge in [-0.3, -0.25) is 4.79 Å². The van der Waals surface area contributed by atoms with Crippen LogP contribution < -0.4 is 5.73 Å². The standard InChI is InChI=1S/C9H19NO/c1-4-7(5-2)9(11)8(10)6-3/h7-8H,4-6,10H2,1-3H3. The molecule has 0 bridgehead atoms. The van der Waals surface area contributed by atoms with Gasteiger partial charge >= 0.3 is 0 Å². The maximum Gasteiger partial charge on any atom is 0.152 e. The van der Waals surface area contributed by atoms with E-state index in [9.17, 15) is 4.79 Å². The van der Waals surface area contributed by atoms with Crippen LogP contribution in [-0.2, 0) is 4.79 Å². The zero-order chi connectivity index (χ0) is 8.85. The van der Waals surface area contributed by atoms with E-state index >= 15 is 0 Å². The molecule has 66 valence electrons. The highest BCUT2D eigenvalue weighted by atomic mass is 16.1. The van der Waals surface area contributed by atoms with Crippen molar-refractivity contribution in [3.05, 3.63) is 0 Å². The van der Waals surface area contributed by atoms with Crippen molar-refractivity contribution in [1.29, 1.82) is 0 Å². The quantitative estimate of drug-likeness (QED) is 0.660. The highest BCUT2D eigenvalue weighted by molar-refractivity contribution is 5.85. The third-order valence-electron chi connectivity index (χ3n) is 2.19. The van der Waals surface area contributed by atoms with E-state index in [-0.39, 0.29) is 17.7 Å². The fraction of sp³-hybridized carbons (Fsp3) is 0.889. The number of hydrogen-bond donors (Lipinski definition) is 1. The summed E-state index contributed by atoms with van der Waals surface area (Å²) in [7, 11) is 0. The molecule has 0 aliphatic heterocycles. The molecule has 0 heterocycles. The lowest BCUT2D eigenvalue weighted by atomic mass is 9.92. The minimum absolute atomic E-state index is 0.185. The molecule has 2 heteroatoms. The van der Waals surface area contributed by atoms with Crippen LogP contribution in [0.2, 0.25) is 0 Å². The van der Waals surface area contributed by atoms with Crippen molar-refractivity contribution in [2.45, 2.75) is 46.1 Å². The van der Waals surface area contributed by atoms with E-state index in [0.29, 0.717) is 0 Å². The predicted octanol–water partition coefficient (Wildman–Crippen LogP) is 1.73. The maximum atomic E-state index is 11.4. The van der Waals surface area contributed by atoms with Gasteiger partial charge in [0.2, 0.25) is 0 Å². The smallest absolute Gasteiger partial charge is 0.152 e. The number of hydrogen-bond acceptors (Lipinski definition) is 2. The first-order valence-electron chi connectivity index (χ1n) is 4.46. The summed E-state index contributed by atoms with van der Waals surface area (Å²) in [6.07, 6.45) is 2.60. The van der Waals surface area contributed by atoms with Crippen LogP contribution in [0.15, 0.2) is 0 Å². The fourth-order valence-corrected chi connectivity index (χ4v) is 1.19. The third kappa shape index (κ3) is 3.02. The van der Waals surface area contributed by atoms with Crippen molar-refractivity contribution < 1.29 is 4.79 Å². The van der Waals surface area contributed by atoms with Gasteiger partial charge in [-0.05, 0) is 19.3 Å². The number of rotatable bonds is 5. The van der Waals surface area contributed by atoms with Crippen LogP contribution in [0.5, 0.6) is 0 Å². The van der Waals surface area contributed by atoms with Crippen molar-refractivity contribution in [2.75, 3.05) is 0 Å². The Morgan fingerprint density at radius 3 is 1.91 bits per heavy atom. The minimum atomic E-state index is -0.236. The summed E-state index contributed by atoms with van der Waals surface area (Å²) in [6.45, 7) is 6.02. The second kappa shape index (κ2) is 5.30. The summed E-state index contributed by atoms with van der Waals surface area (Å²) in [5, 5.41) is 0. The van der Waals surface area contributed by atoms with E-state index in [1.165, 1.54) is 0 Å². The van der Waals surface area contributed by atoms with Gasteiger partial charge in [-0.25, -0.2) is 0 Å². The van der Waals surface area contributed by atoms with Crippen LogP contribution in [-0.4, -0.2) is 11.8 Å². The van der Waals surface area contributed by atoms with Crippen LogP contribution >= 0.6 is 0 Å². The average Bonchev–Trinajstić information content (AvgIpc) is 2.05. The SMILES string of the molecule is CCC(N)C(=O)C(CC)CC. The van der Waals surface area contributed by atoms with Crippen LogP contribution in [0.4, 0.5) is 0 Å². The second-order valence-electron chi connectivity index (χ2n) is 2.93. The van der Waals surface area contributed by atoms with Crippen molar-refractivity contribution in [3.63, 3.8) is 0 Å². The average molecular weight is 157 g/mol. The number of Topliss-reactive ketones (excluding diaryl/α,β-unsaturated/α-hetero) is 1. The van der Waals surface area contributed by atoms with E-state index in [1.807, 2.05) is 20.8 Å². The zero-order valence-electron chi connectivity index (χ0n) is 7.76. The lowest BCUT2D eigenvalue weighted by Gasteiger charge is -2.15. The summed E-state index contributed by atoms with van der Waals surface area (Å²) in [6, 6.07) is -0.236. The Bertz CT molecular complexity index is 119. The highest BCUT2D eigenvalue weighted by Gasteiger charge is 2.19. The lowest BCUT2D eigenvalue weighted by Crippen LogP contribution is -2.34. The molecule has 0 aliphatic carbocycles. The Balaban J connectivity index is 3.97. The zero-order valence-corrected chi connectivity index (χ0v) is 7.76. The van der Waals surface area contributed by atoms with E-state index in [0.717, 1.165) is 19.3 Å². The summed E-state index contributed by atoms with van der Waals surface area (Å²) in [5.74, 6) is 0.419. The Hall–Kier alpha value is -0.370. The predicted molar refractivity (Wildman–Crippen MR) is 47.3 cm³/mol. The molecule has 1 atom stereocenters. The molecule has 0 radical (unpaired) electrons. The Morgan fingerprint density at radius 2 is 1.64 bits per heavy atom. The summed E-state index contributed by atoms with van der Waals surface area (Å²) >= 11 is 0. The molecule has 0 saturated heterocycles. The van der Waals surface area contributed by atoms with Crippen LogP contribution in [0.3, 0.4) is 0 Å². The molecule has 0 aromatic heterocycles. The number of carbonyl (C=O) groups excluding carboxylic acids is 1. The molecule has 0 amide bonds. The van der Waals surface area contributed by atoms with E-state index in [2.05, 4.69) is 0 Å². The molecule has 0 rings (SSSR count). The number of nitrogens with two attached hydrogens (primary N) is 1. The second-order valence-corrected chi connectivity index (χ2v) is 2.93. The first-order chi connectivity index (χ1) is 5.17. The Labute approximate surface area is 69.2 Å². The van der Waals surface area contributed by atoms with Gasteiger partial charge in [-0.1, -0.05) is 20.8 Å². The molecular weight excluding hydrogens is 138 g/mol. The normalized spacial score (nSPS) is 13.5. The molecule has 2 N–H and O–H groups in total. The van der Waals surface area contributed by atoms with Crippen LogP contribution in [0.25, 0.3) is 0 Å². The maximum absolute atomic E-state index is 11.4. The van der Waals surface area contributed by atoms with Gasteiger partial charge < -0.3 is 5.73 Å². The van der Waals surface area contributed by atoms with E-state index < -0.39 is 0 Å². The molecule has 0 fully saturated rings. The molecule has 0 saturated carbocycles. The van der Waals surface area contributed by atoms with Gasteiger partial charge in [-0.15, -0.1) is 0 Å². The van der Waals surface area contributed by atoms with E-state index in [1.54, 1.807) is 0 Å². The van der Waals surface area contributed by atoms with Gasteiger partial charge in [0.15, 0.2) is 5.78 Å². The van der Waals surface area contributed by atoms with Gasteiger partial charge in [0.05, 0.1) is 6.04 Å². The van der Waals surface area contributed by atoms with Crippen molar-refractivity contribution >= 4 is 5.78 Å². The minimum Gasteiger partial charge on any atom is -0.322 e. The number of ketones is 1. The van der Waals surface area contributed by atoms with Gasteiger partial charge in [0, 0.05) is 5.92 Å². The lowest BCUT2D eigenvalue weighted by molar-refractivity contribution is -0.124. The molecule has 11 heavy (non-hydrogen) atoms. The fourth-order valence-electron chi connectivity index (χ4n) is 1.19. The van der Waals surface area contributed by atoms with Crippen molar-refractivity contribution in [1.82, 2.24) is 0 Å². The monoisotopic (exact) mass is 157 g/mol. The molecule has 0 aromatic carbocycles. The van der Waals surface area contributed by atoms with Gasteiger partial charge in [-0.2, -0.15) is 0 Å². The van der Waals surface area contributed by atoms with E-state index in [4.69, 9.17) is 5.73 Å². The largest absolute Gasteiger partial charge is 0.322 e. The molecule has 0 aliphatic rings. The Morgan fingerprint density at radius 1 is 1.18 bits per heavy atom. The van der Waals surface area contributed by atoms with Crippen LogP contribution in [0, 0.1) is 5.92 Å². The van der Waals surface area contributed by atoms with Gasteiger partial charge in [0.25, 0.3) is 0 Å². The first-order valence-corrected chi connectivity index (χ1v) is 4.46. The molecule has 2 nitrogen and oxygen atoms in total.